The maximum Gasteiger partial charge on any atom is 0 e. The molecule has 0 aliphatic carbocycles. The molecule has 0 bridgehead atoms. The second kappa shape index (κ2) is 16.0. The molecule has 16 valence electrons. The predicted octanol–water partition coefficient (Wildman–Crippen LogP) is -1.14. The third kappa shape index (κ3) is 9.10. The van der Waals surface area contributed by atoms with Crippen molar-refractivity contribution >= 4 is 70.2 Å². The normalized spacial score (nSPS) is 0. The van der Waals surface area contributed by atoms with Crippen LogP contribution in [0.4, 0.5) is 4.70 Å². The van der Waals surface area contributed by atoms with Crippen LogP contribution in [0.3, 0.4) is 0 Å². The van der Waals surface area contributed by atoms with Crippen LogP contribution in [0.5, 0.6) is 0 Å². The Kier molecular flexibility index (Phi) is 104. The SMILES string of the molecule is F.[KH].[LiH].[Nd]. The summed E-state index contributed by atoms with van der Waals surface area (Å²) < 4.78 is 0. The summed E-state index contributed by atoms with van der Waals surface area (Å²) in [5.74, 6) is 0. The smallest absolute Gasteiger partial charge is 0 e. The second-order valence-electron chi connectivity index (χ2n) is 0. The first-order valence-corrected chi connectivity index (χ1v) is 0. The standard InChI is InChI=1S/FH.K.Li.Nd.2H/h1H;;;;;. The van der Waals surface area contributed by atoms with Crippen molar-refractivity contribution in [3.8, 4) is 0 Å². The molecule has 0 spiro atoms. The summed E-state index contributed by atoms with van der Waals surface area (Å²) in [5, 5.41) is 0. The molecule has 0 nitrogen and oxygen atoms in total. The number of rotatable bonds is 0. The largest absolute Gasteiger partial charge is 0 e. The van der Waals surface area contributed by atoms with Gasteiger partial charge in [-0.15, -0.1) is 0 Å². The summed E-state index contributed by atoms with van der Waals surface area (Å²) in [5.41, 5.74) is 0. The van der Waals surface area contributed by atoms with Gasteiger partial charge < -0.3 is 0 Å². The average Bonchev–Trinajstić information content (AvgIpc) is 0. The van der Waals surface area contributed by atoms with Gasteiger partial charge in [0, 0.05) is 40.8 Å². The summed E-state index contributed by atoms with van der Waals surface area (Å²) in [6.45, 7) is 0. The van der Waals surface area contributed by atoms with Crippen molar-refractivity contribution in [1.82, 2.24) is 0 Å². The first-order valence-electron chi connectivity index (χ1n) is 0. The molecule has 0 fully saturated rings. The van der Waals surface area contributed by atoms with Crippen LogP contribution in [-0.4, -0.2) is 70.2 Å². The van der Waals surface area contributed by atoms with Crippen molar-refractivity contribution in [3.63, 3.8) is 0 Å². The molecule has 0 saturated carbocycles. The number of hydrogen-bond acceptors (Lipinski definition) is 0. The summed E-state index contributed by atoms with van der Waals surface area (Å²) >= 11 is 0. The molecule has 0 aromatic rings. The minimum absolute atomic E-state index is 0. The molecule has 0 saturated heterocycles. The van der Waals surface area contributed by atoms with Crippen LogP contribution in [0.15, 0.2) is 0 Å². The molecule has 0 aliphatic heterocycles. The van der Waals surface area contributed by atoms with Crippen LogP contribution in [0.1, 0.15) is 0 Å². The van der Waals surface area contributed by atoms with Crippen molar-refractivity contribution < 1.29 is 45.5 Å². The summed E-state index contributed by atoms with van der Waals surface area (Å²) in [6, 6.07) is 0. The van der Waals surface area contributed by atoms with Gasteiger partial charge in [0.15, 0.2) is 0 Å². The van der Waals surface area contributed by atoms with Gasteiger partial charge in [-0.25, -0.2) is 0 Å². The summed E-state index contributed by atoms with van der Waals surface area (Å²) in [7, 11) is 0. The third-order valence-corrected chi connectivity index (χ3v) is 0. The van der Waals surface area contributed by atoms with E-state index in [2.05, 4.69) is 0 Å². The molecule has 0 N–H and O–H groups in total. The molecule has 0 heterocycles. The molecule has 4 heteroatoms. The van der Waals surface area contributed by atoms with E-state index in [1.807, 2.05) is 0 Å². The van der Waals surface area contributed by atoms with Gasteiger partial charge in [0.05, 0.1) is 0 Å². The van der Waals surface area contributed by atoms with Gasteiger partial charge in [-0.3, -0.25) is 4.70 Å². The van der Waals surface area contributed by atoms with Crippen molar-refractivity contribution in [1.29, 1.82) is 0 Å². The molecular weight excluding hydrogens is 209 g/mol. The Morgan fingerprint density at radius 3 is 1.00 bits per heavy atom. The van der Waals surface area contributed by atoms with Gasteiger partial charge in [0.1, 0.15) is 0 Å². The first kappa shape index (κ1) is 25.8. The molecule has 0 aromatic carbocycles. The minimum atomic E-state index is 0. The van der Waals surface area contributed by atoms with E-state index in [4.69, 9.17) is 0 Å². The predicted molar refractivity (Wildman–Crippen MR) is 16.8 cm³/mol. The fourth-order valence-electron chi connectivity index (χ4n) is 0. The van der Waals surface area contributed by atoms with Crippen molar-refractivity contribution in [2.75, 3.05) is 0 Å². The van der Waals surface area contributed by atoms with Gasteiger partial charge in [-0.1, -0.05) is 0 Å². The van der Waals surface area contributed by atoms with Crippen molar-refractivity contribution in [2.24, 2.45) is 0 Å². The average molecular weight is 212 g/mol. The molecular formula is H3FKLiNd. The summed E-state index contributed by atoms with van der Waals surface area (Å²) in [4.78, 5) is 0. The Balaban J connectivity index is 0. The van der Waals surface area contributed by atoms with Crippen molar-refractivity contribution in [2.45, 2.75) is 0 Å². The van der Waals surface area contributed by atoms with E-state index in [1.165, 1.54) is 0 Å². The van der Waals surface area contributed by atoms with E-state index in [0.29, 0.717) is 0 Å². The van der Waals surface area contributed by atoms with Crippen LogP contribution in [0, 0.1) is 40.8 Å². The molecule has 0 unspecified atom stereocenters. The fourth-order valence-corrected chi connectivity index (χ4v) is 0. The summed E-state index contributed by atoms with van der Waals surface area (Å²) in [6.07, 6.45) is 0. The molecule has 0 amide bonds. The molecule has 0 aromatic heterocycles. The Morgan fingerprint density at radius 1 is 1.00 bits per heavy atom. The van der Waals surface area contributed by atoms with E-state index >= 15 is 0 Å². The molecule has 0 radical (unpaired) electrons. The maximum absolute atomic E-state index is 0. The van der Waals surface area contributed by atoms with E-state index in [1.54, 1.807) is 0 Å². The Bertz CT molecular complexity index is 8.00. The van der Waals surface area contributed by atoms with Crippen LogP contribution >= 0.6 is 0 Å². The van der Waals surface area contributed by atoms with E-state index in [0.717, 1.165) is 0 Å². The van der Waals surface area contributed by atoms with Gasteiger partial charge >= 0.3 is 70.2 Å². The van der Waals surface area contributed by atoms with E-state index < -0.39 is 0 Å². The molecule has 0 rings (SSSR count). The second-order valence-corrected chi connectivity index (χ2v) is 0. The molecule has 4 heavy (non-hydrogen) atoms. The Morgan fingerprint density at radius 2 is 1.00 bits per heavy atom. The first-order chi connectivity index (χ1) is 0. The number of halogens is 1. The minimum Gasteiger partial charge on any atom is 0 e. The van der Waals surface area contributed by atoms with Crippen LogP contribution in [0.2, 0.25) is 0 Å². The van der Waals surface area contributed by atoms with Gasteiger partial charge in [0.2, 0.25) is 0 Å². The monoisotopic (exact) mass is 210 g/mol. The Hall–Kier alpha value is 3.51. The zero-order valence-electron chi connectivity index (χ0n) is 0.908. The van der Waals surface area contributed by atoms with Gasteiger partial charge in [-0.05, 0) is 0 Å². The fraction of sp³-hybridized carbons (Fsp3) is 0. The quantitative estimate of drug-likeness (QED) is 0.445. The Labute approximate surface area is 112 Å². The van der Waals surface area contributed by atoms with E-state index in [9.17, 15) is 0 Å². The van der Waals surface area contributed by atoms with Crippen LogP contribution in [-0.2, 0) is 0 Å². The molecule has 0 aliphatic rings. The van der Waals surface area contributed by atoms with Gasteiger partial charge in [-0.2, -0.15) is 0 Å². The maximum atomic E-state index is 0. The zero-order valence-corrected chi connectivity index (χ0v) is 4.12. The number of hydrogen-bond donors (Lipinski definition) is 0. The van der Waals surface area contributed by atoms with Crippen LogP contribution < -0.4 is 0 Å². The topological polar surface area (TPSA) is 0 Å². The van der Waals surface area contributed by atoms with Crippen LogP contribution in [0.25, 0.3) is 0 Å². The van der Waals surface area contributed by atoms with Gasteiger partial charge in [0.25, 0.3) is 0 Å². The zero-order chi connectivity index (χ0) is 0. The van der Waals surface area contributed by atoms with E-state index in [-0.39, 0.29) is 116 Å². The molecule has 0 atom stereocenters. The third-order valence-electron chi connectivity index (χ3n) is 0. The van der Waals surface area contributed by atoms with Crippen molar-refractivity contribution in [3.05, 3.63) is 0 Å².